The van der Waals surface area contributed by atoms with Gasteiger partial charge in [0.1, 0.15) is 4.32 Å². The summed E-state index contributed by atoms with van der Waals surface area (Å²) in [5, 5.41) is 3.19. The number of thioether (sulfide) groups is 1. The molecule has 104 valence electrons. The summed E-state index contributed by atoms with van der Waals surface area (Å²) in [5.41, 5.74) is 1.21. The average Bonchev–Trinajstić information content (AvgIpc) is 2.43. The first-order chi connectivity index (χ1) is 9.22. The molecule has 0 radical (unpaired) electrons. The molecule has 1 aromatic rings. The maximum absolute atomic E-state index is 11.1. The summed E-state index contributed by atoms with van der Waals surface area (Å²) in [6, 6.07) is 10.1. The number of carbonyl (C=O) groups excluding carboxylic acids is 1. The van der Waals surface area contributed by atoms with Crippen molar-refractivity contribution in [2.45, 2.75) is 26.3 Å². The lowest BCUT2D eigenvalue weighted by Crippen LogP contribution is -2.18. The second-order valence-corrected chi connectivity index (χ2v) is 5.66. The van der Waals surface area contributed by atoms with Crippen LogP contribution in [0.15, 0.2) is 30.3 Å². The van der Waals surface area contributed by atoms with Crippen LogP contribution >= 0.6 is 24.0 Å². The van der Waals surface area contributed by atoms with Crippen LogP contribution in [0.3, 0.4) is 0 Å². The van der Waals surface area contributed by atoms with E-state index < -0.39 is 0 Å². The summed E-state index contributed by atoms with van der Waals surface area (Å²) in [5.74, 6) is 0.700. The number of thiocarbonyl (C=S) groups is 1. The van der Waals surface area contributed by atoms with Gasteiger partial charge in [-0.15, -0.1) is 0 Å². The van der Waals surface area contributed by atoms with E-state index in [1.165, 1.54) is 5.56 Å². The number of hydrogen-bond donors (Lipinski definition) is 1. The van der Waals surface area contributed by atoms with Crippen molar-refractivity contribution >= 4 is 34.3 Å². The third-order valence-electron chi connectivity index (χ3n) is 2.34. The molecule has 0 amide bonds. The summed E-state index contributed by atoms with van der Waals surface area (Å²) in [6.45, 7) is 3.00. The topological polar surface area (TPSA) is 38.3 Å². The Balaban J connectivity index is 2.07. The van der Waals surface area contributed by atoms with Gasteiger partial charge < -0.3 is 10.1 Å². The maximum Gasteiger partial charge on any atom is 0.305 e. The van der Waals surface area contributed by atoms with E-state index in [-0.39, 0.29) is 5.97 Å². The summed E-state index contributed by atoms with van der Waals surface area (Å²) >= 11 is 6.79. The minimum atomic E-state index is -0.133. The third kappa shape index (κ3) is 7.85. The van der Waals surface area contributed by atoms with E-state index in [0.717, 1.165) is 23.0 Å². The minimum Gasteiger partial charge on any atom is -0.466 e. The normalized spacial score (nSPS) is 9.95. The first-order valence-corrected chi connectivity index (χ1v) is 7.72. The van der Waals surface area contributed by atoms with Gasteiger partial charge in [-0.05, 0) is 18.9 Å². The van der Waals surface area contributed by atoms with E-state index in [1.807, 2.05) is 25.1 Å². The van der Waals surface area contributed by atoms with Crippen molar-refractivity contribution in [1.82, 2.24) is 5.32 Å². The minimum absolute atomic E-state index is 0.133. The largest absolute Gasteiger partial charge is 0.466 e. The van der Waals surface area contributed by atoms with Gasteiger partial charge in [0, 0.05) is 18.7 Å². The van der Waals surface area contributed by atoms with Gasteiger partial charge in [0.15, 0.2) is 0 Å². The highest BCUT2D eigenvalue weighted by Gasteiger charge is 2.02. The molecule has 0 spiro atoms. The SMILES string of the molecule is CCOC(=O)CCCSC(=S)NCc1ccccc1. The number of ether oxygens (including phenoxy) is 1. The predicted octanol–water partition coefficient (Wildman–Crippen LogP) is 3.14. The Labute approximate surface area is 124 Å². The number of hydrogen-bond acceptors (Lipinski definition) is 4. The van der Waals surface area contributed by atoms with Crippen molar-refractivity contribution < 1.29 is 9.53 Å². The van der Waals surface area contributed by atoms with Crippen LogP contribution in [0.1, 0.15) is 25.3 Å². The highest BCUT2D eigenvalue weighted by atomic mass is 32.2. The molecule has 19 heavy (non-hydrogen) atoms. The fraction of sp³-hybridized carbons (Fsp3) is 0.429. The molecule has 0 aliphatic carbocycles. The van der Waals surface area contributed by atoms with Crippen LogP contribution in [0, 0.1) is 0 Å². The Hall–Kier alpha value is -1.07. The highest BCUT2D eigenvalue weighted by molar-refractivity contribution is 8.22. The Morgan fingerprint density at radius 1 is 1.37 bits per heavy atom. The molecule has 0 saturated heterocycles. The summed E-state index contributed by atoms with van der Waals surface area (Å²) in [7, 11) is 0. The van der Waals surface area contributed by atoms with Crippen molar-refractivity contribution in [3.05, 3.63) is 35.9 Å². The lowest BCUT2D eigenvalue weighted by molar-refractivity contribution is -0.143. The molecule has 0 aliphatic rings. The molecule has 0 atom stereocenters. The summed E-state index contributed by atoms with van der Waals surface area (Å²) in [4.78, 5) is 11.1. The van der Waals surface area contributed by atoms with Crippen LogP contribution in [0.5, 0.6) is 0 Å². The lowest BCUT2D eigenvalue weighted by atomic mass is 10.2. The molecule has 0 heterocycles. The monoisotopic (exact) mass is 297 g/mol. The molecule has 1 N–H and O–H groups in total. The van der Waals surface area contributed by atoms with E-state index in [1.54, 1.807) is 11.8 Å². The fourth-order valence-electron chi connectivity index (χ4n) is 1.44. The second-order valence-electron chi connectivity index (χ2n) is 3.88. The van der Waals surface area contributed by atoms with Gasteiger partial charge in [0.05, 0.1) is 6.61 Å². The van der Waals surface area contributed by atoms with Gasteiger partial charge in [-0.1, -0.05) is 54.3 Å². The predicted molar refractivity (Wildman–Crippen MR) is 84.2 cm³/mol. The zero-order valence-electron chi connectivity index (χ0n) is 11.1. The summed E-state index contributed by atoms with van der Waals surface area (Å²) in [6.07, 6.45) is 1.25. The van der Waals surface area contributed by atoms with Crippen LogP contribution in [0.4, 0.5) is 0 Å². The molecule has 0 saturated carbocycles. The maximum atomic E-state index is 11.1. The molecule has 0 aromatic heterocycles. The Morgan fingerprint density at radius 3 is 2.79 bits per heavy atom. The molecular weight excluding hydrogens is 278 g/mol. The first kappa shape index (κ1) is 16.0. The quantitative estimate of drug-likeness (QED) is 0.475. The fourth-order valence-corrected chi connectivity index (χ4v) is 2.41. The third-order valence-corrected chi connectivity index (χ3v) is 3.74. The molecule has 3 nitrogen and oxygen atoms in total. The number of esters is 1. The van der Waals surface area contributed by atoms with E-state index in [4.69, 9.17) is 17.0 Å². The van der Waals surface area contributed by atoms with Gasteiger partial charge in [0.2, 0.25) is 0 Å². The Kier molecular flexibility index (Phi) is 8.25. The van der Waals surface area contributed by atoms with Crippen LogP contribution in [0.2, 0.25) is 0 Å². The van der Waals surface area contributed by atoms with Crippen LogP contribution in [-0.2, 0) is 16.1 Å². The molecule has 1 aromatic carbocycles. The van der Waals surface area contributed by atoms with Gasteiger partial charge >= 0.3 is 5.97 Å². The highest BCUT2D eigenvalue weighted by Crippen LogP contribution is 2.08. The van der Waals surface area contributed by atoms with Crippen LogP contribution in [-0.4, -0.2) is 22.6 Å². The first-order valence-electron chi connectivity index (χ1n) is 6.32. The standard InChI is InChI=1S/C14H19NO2S2/c1-2-17-13(16)9-6-10-19-14(18)15-11-12-7-4-3-5-8-12/h3-5,7-8H,2,6,9-11H2,1H3,(H,15,18). The molecule has 0 unspecified atom stereocenters. The van der Waals surface area contributed by atoms with Gasteiger partial charge in [-0.2, -0.15) is 0 Å². The molecular formula is C14H19NO2S2. The van der Waals surface area contributed by atoms with Gasteiger partial charge in [-0.25, -0.2) is 0 Å². The zero-order chi connectivity index (χ0) is 13.9. The van der Waals surface area contributed by atoms with Crippen molar-refractivity contribution in [2.24, 2.45) is 0 Å². The Bertz CT molecular complexity index is 396. The number of carbonyl (C=O) groups is 1. The van der Waals surface area contributed by atoms with E-state index >= 15 is 0 Å². The smallest absolute Gasteiger partial charge is 0.305 e. The zero-order valence-corrected chi connectivity index (χ0v) is 12.7. The molecule has 0 bridgehead atoms. The van der Waals surface area contributed by atoms with Gasteiger partial charge in [0.25, 0.3) is 0 Å². The van der Waals surface area contributed by atoms with Crippen LogP contribution in [0.25, 0.3) is 0 Å². The van der Waals surface area contributed by atoms with E-state index in [0.29, 0.717) is 13.0 Å². The average molecular weight is 297 g/mol. The van der Waals surface area contributed by atoms with E-state index in [2.05, 4.69) is 17.4 Å². The molecule has 5 heteroatoms. The van der Waals surface area contributed by atoms with Crippen molar-refractivity contribution in [3.8, 4) is 0 Å². The van der Waals surface area contributed by atoms with Gasteiger partial charge in [-0.3, -0.25) is 4.79 Å². The van der Waals surface area contributed by atoms with E-state index in [9.17, 15) is 4.79 Å². The van der Waals surface area contributed by atoms with Crippen LogP contribution < -0.4 is 5.32 Å². The lowest BCUT2D eigenvalue weighted by Gasteiger charge is -2.07. The Morgan fingerprint density at radius 2 is 2.11 bits per heavy atom. The number of nitrogens with one attached hydrogen (secondary N) is 1. The summed E-state index contributed by atoms with van der Waals surface area (Å²) < 4.78 is 5.63. The second kappa shape index (κ2) is 9.81. The molecule has 1 rings (SSSR count). The number of rotatable bonds is 7. The molecule has 0 aliphatic heterocycles. The molecule has 0 fully saturated rings. The van der Waals surface area contributed by atoms with Crippen molar-refractivity contribution in [1.29, 1.82) is 0 Å². The van der Waals surface area contributed by atoms with Crippen molar-refractivity contribution in [2.75, 3.05) is 12.4 Å². The number of benzene rings is 1. The van der Waals surface area contributed by atoms with Crippen molar-refractivity contribution in [3.63, 3.8) is 0 Å².